The summed E-state index contributed by atoms with van der Waals surface area (Å²) in [6.45, 7) is 3.55. The zero-order valence-electron chi connectivity index (χ0n) is 15.8. The number of fused-ring (bicyclic) bond motifs is 1. The molecule has 27 heavy (non-hydrogen) atoms. The van der Waals surface area contributed by atoms with E-state index >= 15 is 0 Å². The Hall–Kier alpha value is -2.37. The van der Waals surface area contributed by atoms with Gasteiger partial charge in [0.2, 0.25) is 0 Å². The van der Waals surface area contributed by atoms with Crippen LogP contribution in [-0.2, 0) is 22.5 Å². The SMILES string of the molecule is COC1(C(=O)Nc2ccc(CN3CCc4ccccc43)cc2)CCNCC1. The van der Waals surface area contributed by atoms with Gasteiger partial charge in [0, 0.05) is 31.6 Å². The number of nitrogens with one attached hydrogen (secondary N) is 2. The number of benzene rings is 2. The zero-order valence-corrected chi connectivity index (χ0v) is 15.8. The van der Waals surface area contributed by atoms with Gasteiger partial charge in [-0.1, -0.05) is 30.3 Å². The molecule has 2 N–H and O–H groups in total. The van der Waals surface area contributed by atoms with E-state index in [1.165, 1.54) is 16.8 Å². The van der Waals surface area contributed by atoms with Crippen LogP contribution in [0.1, 0.15) is 24.0 Å². The van der Waals surface area contributed by atoms with Crippen molar-refractivity contribution in [2.75, 3.05) is 37.0 Å². The third kappa shape index (κ3) is 3.70. The predicted molar refractivity (Wildman–Crippen MR) is 108 cm³/mol. The molecule has 0 radical (unpaired) electrons. The third-order valence-corrected chi connectivity index (χ3v) is 5.78. The number of carbonyl (C=O) groups excluding carboxylic acids is 1. The van der Waals surface area contributed by atoms with Crippen molar-refractivity contribution in [1.29, 1.82) is 0 Å². The van der Waals surface area contributed by atoms with Crippen LogP contribution < -0.4 is 15.5 Å². The minimum Gasteiger partial charge on any atom is -0.368 e. The molecule has 142 valence electrons. The molecule has 1 saturated heterocycles. The van der Waals surface area contributed by atoms with Gasteiger partial charge in [0.25, 0.3) is 5.91 Å². The van der Waals surface area contributed by atoms with Gasteiger partial charge >= 0.3 is 0 Å². The Morgan fingerprint density at radius 2 is 1.89 bits per heavy atom. The number of para-hydroxylation sites is 1. The summed E-state index contributed by atoms with van der Waals surface area (Å²) in [7, 11) is 1.63. The first-order chi connectivity index (χ1) is 13.2. The van der Waals surface area contributed by atoms with E-state index in [1.54, 1.807) is 7.11 Å². The maximum atomic E-state index is 12.7. The van der Waals surface area contributed by atoms with E-state index in [2.05, 4.69) is 51.9 Å². The molecule has 1 fully saturated rings. The second kappa shape index (κ2) is 7.71. The third-order valence-electron chi connectivity index (χ3n) is 5.78. The summed E-state index contributed by atoms with van der Waals surface area (Å²) in [5, 5.41) is 6.31. The molecule has 0 bridgehead atoms. The van der Waals surface area contributed by atoms with Crippen LogP contribution >= 0.6 is 0 Å². The summed E-state index contributed by atoms with van der Waals surface area (Å²) in [4.78, 5) is 15.2. The second-order valence-electron chi connectivity index (χ2n) is 7.40. The number of ether oxygens (including phenoxy) is 1. The van der Waals surface area contributed by atoms with Gasteiger partial charge in [-0.25, -0.2) is 0 Å². The lowest BCUT2D eigenvalue weighted by atomic mass is 9.91. The lowest BCUT2D eigenvalue weighted by Gasteiger charge is -2.34. The van der Waals surface area contributed by atoms with Gasteiger partial charge in [0.15, 0.2) is 0 Å². The highest BCUT2D eigenvalue weighted by Gasteiger charge is 2.39. The van der Waals surface area contributed by atoms with Crippen molar-refractivity contribution in [3.63, 3.8) is 0 Å². The number of hydrogen-bond acceptors (Lipinski definition) is 4. The Balaban J connectivity index is 1.40. The Labute approximate surface area is 160 Å². The molecule has 1 amide bonds. The number of hydrogen-bond donors (Lipinski definition) is 2. The number of methoxy groups -OCH3 is 1. The van der Waals surface area contributed by atoms with Crippen molar-refractivity contribution in [3.05, 3.63) is 59.7 Å². The predicted octanol–water partition coefficient (Wildman–Crippen LogP) is 2.96. The average Bonchev–Trinajstić information content (AvgIpc) is 3.13. The zero-order chi connectivity index (χ0) is 18.7. The maximum Gasteiger partial charge on any atom is 0.256 e. The molecule has 2 heterocycles. The van der Waals surface area contributed by atoms with E-state index in [9.17, 15) is 4.79 Å². The molecule has 4 rings (SSSR count). The molecule has 2 aromatic carbocycles. The molecule has 2 aromatic rings. The molecule has 2 aliphatic rings. The highest BCUT2D eigenvalue weighted by atomic mass is 16.5. The minimum absolute atomic E-state index is 0.0484. The Morgan fingerprint density at radius 3 is 2.63 bits per heavy atom. The first kappa shape index (κ1) is 18.0. The number of rotatable bonds is 5. The summed E-state index contributed by atoms with van der Waals surface area (Å²) < 4.78 is 5.60. The van der Waals surface area contributed by atoms with Crippen molar-refractivity contribution in [2.24, 2.45) is 0 Å². The van der Waals surface area contributed by atoms with Crippen LogP contribution in [0.25, 0.3) is 0 Å². The molecule has 0 aliphatic carbocycles. The van der Waals surface area contributed by atoms with Gasteiger partial charge in [-0.15, -0.1) is 0 Å². The van der Waals surface area contributed by atoms with Gasteiger partial charge in [-0.3, -0.25) is 4.79 Å². The molecular weight excluding hydrogens is 338 g/mol. The molecule has 2 aliphatic heterocycles. The lowest BCUT2D eigenvalue weighted by molar-refractivity contribution is -0.140. The van der Waals surface area contributed by atoms with Crippen molar-refractivity contribution in [1.82, 2.24) is 5.32 Å². The molecule has 0 spiro atoms. The number of anilines is 2. The molecule has 0 saturated carbocycles. The molecular formula is C22H27N3O2. The number of piperidine rings is 1. The minimum atomic E-state index is -0.719. The monoisotopic (exact) mass is 365 g/mol. The molecule has 5 nitrogen and oxygen atoms in total. The van der Waals surface area contributed by atoms with Gasteiger partial charge < -0.3 is 20.3 Å². The first-order valence-electron chi connectivity index (χ1n) is 9.69. The second-order valence-corrected chi connectivity index (χ2v) is 7.40. The molecule has 0 atom stereocenters. The molecule has 5 heteroatoms. The molecule has 0 aromatic heterocycles. The Bertz CT molecular complexity index is 797. The molecule has 0 unspecified atom stereocenters. The summed E-state index contributed by atoms with van der Waals surface area (Å²) in [6, 6.07) is 16.8. The van der Waals surface area contributed by atoms with Gasteiger partial charge in [-0.05, 0) is 61.7 Å². The fourth-order valence-corrected chi connectivity index (χ4v) is 4.08. The summed E-state index contributed by atoms with van der Waals surface area (Å²) in [6.07, 6.45) is 2.50. The standard InChI is InChI=1S/C22H27N3O2/c1-27-22(11-13-23-14-12-22)21(26)24-19-8-6-17(7-9-19)16-25-15-10-18-4-2-3-5-20(18)25/h2-9,23H,10-16H2,1H3,(H,24,26). The smallest absolute Gasteiger partial charge is 0.256 e. The van der Waals surface area contributed by atoms with Crippen LogP contribution in [0, 0.1) is 0 Å². The van der Waals surface area contributed by atoms with Crippen LogP contribution in [0.2, 0.25) is 0 Å². The van der Waals surface area contributed by atoms with E-state index in [-0.39, 0.29) is 5.91 Å². The van der Waals surface area contributed by atoms with Gasteiger partial charge in [-0.2, -0.15) is 0 Å². The Morgan fingerprint density at radius 1 is 1.15 bits per heavy atom. The van der Waals surface area contributed by atoms with Crippen molar-refractivity contribution in [2.45, 2.75) is 31.4 Å². The largest absolute Gasteiger partial charge is 0.368 e. The number of amides is 1. The van der Waals surface area contributed by atoms with Gasteiger partial charge in [0.1, 0.15) is 5.60 Å². The highest BCUT2D eigenvalue weighted by Crippen LogP contribution is 2.29. The quantitative estimate of drug-likeness (QED) is 0.855. The van der Waals surface area contributed by atoms with E-state index < -0.39 is 5.60 Å². The van der Waals surface area contributed by atoms with E-state index in [4.69, 9.17) is 4.74 Å². The van der Waals surface area contributed by atoms with E-state index in [0.717, 1.165) is 38.3 Å². The summed E-state index contributed by atoms with van der Waals surface area (Å²) in [5.41, 5.74) is 4.10. The first-order valence-corrected chi connectivity index (χ1v) is 9.69. The average molecular weight is 365 g/mol. The van der Waals surface area contributed by atoms with Gasteiger partial charge in [0.05, 0.1) is 0 Å². The summed E-state index contributed by atoms with van der Waals surface area (Å²) in [5.74, 6) is -0.0484. The van der Waals surface area contributed by atoms with Crippen molar-refractivity contribution in [3.8, 4) is 0 Å². The topological polar surface area (TPSA) is 53.6 Å². The highest BCUT2D eigenvalue weighted by molar-refractivity contribution is 5.97. The van der Waals surface area contributed by atoms with Crippen LogP contribution in [-0.4, -0.2) is 38.3 Å². The normalized spacial score (nSPS) is 18.2. The number of nitrogens with zero attached hydrogens (tertiary/aromatic N) is 1. The van der Waals surface area contributed by atoms with Crippen molar-refractivity contribution >= 4 is 17.3 Å². The fraction of sp³-hybridized carbons (Fsp3) is 0.409. The van der Waals surface area contributed by atoms with Crippen LogP contribution in [0.5, 0.6) is 0 Å². The number of carbonyl (C=O) groups is 1. The van der Waals surface area contributed by atoms with E-state index in [1.807, 2.05) is 12.1 Å². The van der Waals surface area contributed by atoms with Crippen molar-refractivity contribution < 1.29 is 9.53 Å². The van der Waals surface area contributed by atoms with Crippen LogP contribution in [0.3, 0.4) is 0 Å². The summed E-state index contributed by atoms with van der Waals surface area (Å²) >= 11 is 0. The van der Waals surface area contributed by atoms with E-state index in [0.29, 0.717) is 12.8 Å². The van der Waals surface area contributed by atoms with Crippen LogP contribution in [0.4, 0.5) is 11.4 Å². The maximum absolute atomic E-state index is 12.7. The lowest BCUT2D eigenvalue weighted by Crippen LogP contribution is -2.51. The van der Waals surface area contributed by atoms with Crippen LogP contribution in [0.15, 0.2) is 48.5 Å². The fourth-order valence-electron chi connectivity index (χ4n) is 4.08. The Kier molecular flexibility index (Phi) is 5.14.